The highest BCUT2D eigenvalue weighted by Gasteiger charge is 2.40. The van der Waals surface area contributed by atoms with E-state index in [0.717, 1.165) is 36.5 Å². The van der Waals surface area contributed by atoms with Crippen LogP contribution in [0, 0.1) is 0 Å². The van der Waals surface area contributed by atoms with Gasteiger partial charge in [-0.05, 0) is 61.7 Å². The molecule has 1 fully saturated rings. The zero-order valence-electron chi connectivity index (χ0n) is 18.4. The molecule has 3 aromatic carbocycles. The van der Waals surface area contributed by atoms with Gasteiger partial charge >= 0.3 is 0 Å². The first kappa shape index (κ1) is 21.6. The van der Waals surface area contributed by atoms with Gasteiger partial charge in [0.05, 0.1) is 6.61 Å². The molecule has 0 aliphatic carbocycles. The van der Waals surface area contributed by atoms with Crippen molar-refractivity contribution in [3.05, 3.63) is 102 Å². The highest BCUT2D eigenvalue weighted by atomic mass is 16.5. The molecule has 1 saturated heterocycles. The lowest BCUT2D eigenvalue weighted by molar-refractivity contribution is -0.00293. The zero-order chi connectivity index (χ0) is 21.5. The summed E-state index contributed by atoms with van der Waals surface area (Å²) < 4.78 is 5.65. The van der Waals surface area contributed by atoms with Gasteiger partial charge in [0.2, 0.25) is 0 Å². The quantitative estimate of drug-likeness (QED) is 0.508. The number of aliphatic hydroxyl groups is 1. The van der Waals surface area contributed by atoms with Crippen LogP contribution in [0.25, 0.3) is 0 Å². The van der Waals surface area contributed by atoms with Crippen molar-refractivity contribution in [3.8, 4) is 5.75 Å². The number of hydrogen-bond acceptors (Lipinski definition) is 3. The maximum atomic E-state index is 12.5. The topological polar surface area (TPSA) is 32.7 Å². The van der Waals surface area contributed by atoms with Crippen LogP contribution in [0.3, 0.4) is 0 Å². The van der Waals surface area contributed by atoms with Crippen LogP contribution in [0.1, 0.15) is 42.4 Å². The summed E-state index contributed by atoms with van der Waals surface area (Å²) in [5, 5.41) is 12.5. The number of likely N-dealkylation sites (tertiary alicyclic amines) is 1. The smallest absolute Gasteiger partial charge is 0.119 e. The molecular weight excluding hydrogens is 382 g/mol. The van der Waals surface area contributed by atoms with Gasteiger partial charge in [-0.25, -0.2) is 0 Å². The molecule has 3 aromatic rings. The Hall–Kier alpha value is -2.62. The second kappa shape index (κ2) is 10.1. The first-order valence-electron chi connectivity index (χ1n) is 11.5. The third-order valence-electron chi connectivity index (χ3n) is 6.40. The van der Waals surface area contributed by atoms with Crippen LogP contribution >= 0.6 is 0 Å². The molecule has 0 amide bonds. The number of ether oxygens (including phenoxy) is 1. The largest absolute Gasteiger partial charge is 0.494 e. The molecule has 162 valence electrons. The van der Waals surface area contributed by atoms with Crippen molar-refractivity contribution < 1.29 is 9.84 Å². The zero-order valence-corrected chi connectivity index (χ0v) is 18.4. The van der Waals surface area contributed by atoms with E-state index in [1.165, 1.54) is 18.4 Å². The Morgan fingerprint density at radius 1 is 0.871 bits per heavy atom. The summed E-state index contributed by atoms with van der Waals surface area (Å²) in [4.78, 5) is 2.50. The maximum Gasteiger partial charge on any atom is 0.119 e. The maximum absolute atomic E-state index is 12.5. The van der Waals surface area contributed by atoms with Crippen LogP contribution < -0.4 is 4.74 Å². The molecule has 0 unspecified atom stereocenters. The second-order valence-electron chi connectivity index (χ2n) is 8.52. The summed E-state index contributed by atoms with van der Waals surface area (Å²) in [7, 11) is 0. The van der Waals surface area contributed by atoms with Gasteiger partial charge in [0.1, 0.15) is 11.4 Å². The Kier molecular flexibility index (Phi) is 7.06. The SMILES string of the molecule is CCOc1ccc([C@](O)(Cc2ccccc2)[C@@H](CN2CCCC2)c2ccccc2)cc1. The van der Waals surface area contributed by atoms with Crippen LogP contribution in [0.15, 0.2) is 84.9 Å². The third-order valence-corrected chi connectivity index (χ3v) is 6.40. The third kappa shape index (κ3) is 5.17. The average Bonchev–Trinajstić information content (AvgIpc) is 3.33. The Morgan fingerprint density at radius 3 is 2.10 bits per heavy atom. The molecule has 4 rings (SSSR count). The van der Waals surface area contributed by atoms with Crippen molar-refractivity contribution in [1.29, 1.82) is 0 Å². The van der Waals surface area contributed by atoms with Gasteiger partial charge < -0.3 is 14.7 Å². The molecule has 0 aromatic heterocycles. The summed E-state index contributed by atoms with van der Waals surface area (Å²) in [6.07, 6.45) is 3.04. The molecular formula is C28H33NO2. The summed E-state index contributed by atoms with van der Waals surface area (Å²) in [5.74, 6) is 0.800. The van der Waals surface area contributed by atoms with Crippen molar-refractivity contribution >= 4 is 0 Å². The fourth-order valence-electron chi connectivity index (χ4n) is 4.78. The van der Waals surface area contributed by atoms with E-state index < -0.39 is 5.60 Å². The monoisotopic (exact) mass is 415 g/mol. The van der Waals surface area contributed by atoms with Crippen LogP contribution in [0.4, 0.5) is 0 Å². The first-order chi connectivity index (χ1) is 15.2. The molecule has 0 spiro atoms. The van der Waals surface area contributed by atoms with Crippen LogP contribution in [0.2, 0.25) is 0 Å². The number of hydrogen-bond donors (Lipinski definition) is 1. The molecule has 1 aliphatic rings. The van der Waals surface area contributed by atoms with Crippen molar-refractivity contribution in [3.63, 3.8) is 0 Å². The summed E-state index contributed by atoms with van der Waals surface area (Å²) in [6.45, 7) is 5.68. The van der Waals surface area contributed by atoms with Crippen LogP contribution in [-0.2, 0) is 12.0 Å². The highest BCUT2D eigenvalue weighted by Crippen LogP contribution is 2.41. The first-order valence-corrected chi connectivity index (χ1v) is 11.5. The molecule has 0 radical (unpaired) electrons. The predicted octanol–water partition coefficient (Wildman–Crippen LogP) is 5.40. The second-order valence-corrected chi connectivity index (χ2v) is 8.52. The van der Waals surface area contributed by atoms with Crippen molar-refractivity contribution in [2.24, 2.45) is 0 Å². The van der Waals surface area contributed by atoms with E-state index in [0.29, 0.717) is 13.0 Å². The highest BCUT2D eigenvalue weighted by molar-refractivity contribution is 5.37. The Balaban J connectivity index is 1.77. The van der Waals surface area contributed by atoms with E-state index in [9.17, 15) is 5.11 Å². The summed E-state index contributed by atoms with van der Waals surface area (Å²) in [5.41, 5.74) is 2.23. The predicted molar refractivity (Wildman–Crippen MR) is 127 cm³/mol. The molecule has 2 atom stereocenters. The lowest BCUT2D eigenvalue weighted by atomic mass is 9.73. The van der Waals surface area contributed by atoms with Crippen LogP contribution in [0.5, 0.6) is 5.75 Å². The molecule has 1 aliphatic heterocycles. The van der Waals surface area contributed by atoms with Crippen LogP contribution in [-0.4, -0.2) is 36.2 Å². The number of nitrogens with zero attached hydrogens (tertiary/aromatic N) is 1. The normalized spacial score (nSPS) is 17.2. The van der Waals surface area contributed by atoms with Gasteiger partial charge in [0.25, 0.3) is 0 Å². The molecule has 3 nitrogen and oxygen atoms in total. The van der Waals surface area contributed by atoms with E-state index in [2.05, 4.69) is 41.3 Å². The molecule has 0 bridgehead atoms. The van der Waals surface area contributed by atoms with E-state index in [1.54, 1.807) is 0 Å². The van der Waals surface area contributed by atoms with E-state index in [1.807, 2.05) is 55.5 Å². The Morgan fingerprint density at radius 2 is 1.48 bits per heavy atom. The van der Waals surface area contributed by atoms with Gasteiger partial charge in [-0.1, -0.05) is 72.8 Å². The van der Waals surface area contributed by atoms with Crippen molar-refractivity contribution in [2.45, 2.75) is 37.7 Å². The van der Waals surface area contributed by atoms with E-state index in [4.69, 9.17) is 4.74 Å². The average molecular weight is 416 g/mol. The van der Waals surface area contributed by atoms with Gasteiger partial charge in [-0.15, -0.1) is 0 Å². The fourth-order valence-corrected chi connectivity index (χ4v) is 4.78. The lowest BCUT2D eigenvalue weighted by Gasteiger charge is -2.39. The number of rotatable bonds is 9. The van der Waals surface area contributed by atoms with E-state index in [-0.39, 0.29) is 5.92 Å². The van der Waals surface area contributed by atoms with E-state index >= 15 is 0 Å². The lowest BCUT2D eigenvalue weighted by Crippen LogP contribution is -2.42. The number of benzene rings is 3. The van der Waals surface area contributed by atoms with Gasteiger partial charge in [0.15, 0.2) is 0 Å². The fraction of sp³-hybridized carbons (Fsp3) is 0.357. The summed E-state index contributed by atoms with van der Waals surface area (Å²) in [6, 6.07) is 28.9. The summed E-state index contributed by atoms with van der Waals surface area (Å²) >= 11 is 0. The molecule has 31 heavy (non-hydrogen) atoms. The molecule has 0 saturated carbocycles. The Labute approximate surface area is 186 Å². The Bertz CT molecular complexity index is 920. The van der Waals surface area contributed by atoms with Crippen molar-refractivity contribution in [1.82, 2.24) is 4.90 Å². The van der Waals surface area contributed by atoms with Gasteiger partial charge in [0, 0.05) is 18.9 Å². The minimum absolute atomic E-state index is 0.0371. The van der Waals surface area contributed by atoms with Crippen molar-refractivity contribution in [2.75, 3.05) is 26.2 Å². The minimum Gasteiger partial charge on any atom is -0.494 e. The standard InChI is InChI=1S/C28H33NO2/c1-2-31-26-17-15-25(16-18-26)28(30,21-23-11-5-3-6-12-23)27(22-29-19-9-10-20-29)24-13-7-4-8-14-24/h3-8,11-18,27,30H,2,9-10,19-22H2,1H3/t27-,28+/m0/s1. The molecule has 3 heteroatoms. The minimum atomic E-state index is -1.03. The molecule has 1 heterocycles. The molecule has 1 N–H and O–H groups in total. The van der Waals surface area contributed by atoms with Gasteiger partial charge in [-0.2, -0.15) is 0 Å². The van der Waals surface area contributed by atoms with Gasteiger partial charge in [-0.3, -0.25) is 0 Å².